The van der Waals surface area contributed by atoms with E-state index < -0.39 is 0 Å². The average Bonchev–Trinajstić information content (AvgIpc) is 3.46. The second-order valence-corrected chi connectivity index (χ2v) is 9.42. The van der Waals surface area contributed by atoms with Crippen molar-refractivity contribution in [2.45, 2.75) is 12.5 Å². The number of hydrogen-bond donors (Lipinski definition) is 0. The molecule has 3 aromatic carbocycles. The molecule has 1 aliphatic rings. The number of nitrogens with zero attached hydrogens (tertiary/aromatic N) is 2. The average molecular weight is 517 g/mol. The fourth-order valence-corrected chi connectivity index (χ4v) is 5.33. The maximum Gasteiger partial charge on any atom is 0.273 e. The number of methoxy groups -OCH3 is 3. The maximum atomic E-state index is 13.8. The highest BCUT2D eigenvalue weighted by molar-refractivity contribution is 7.13. The van der Waals surface area contributed by atoms with Gasteiger partial charge in [0, 0.05) is 17.5 Å². The van der Waals surface area contributed by atoms with E-state index in [2.05, 4.69) is 4.98 Å². The van der Waals surface area contributed by atoms with Gasteiger partial charge < -0.3 is 23.8 Å². The van der Waals surface area contributed by atoms with Crippen LogP contribution in [0, 0.1) is 0 Å². The summed E-state index contributed by atoms with van der Waals surface area (Å²) in [4.78, 5) is 20.3. The van der Waals surface area contributed by atoms with Gasteiger partial charge in [0.1, 0.15) is 28.8 Å². The minimum atomic E-state index is -0.333. The molecule has 0 aliphatic carbocycles. The van der Waals surface area contributed by atoms with Crippen LogP contribution in [0.5, 0.6) is 23.0 Å². The van der Waals surface area contributed by atoms with Gasteiger partial charge in [-0.05, 0) is 53.9 Å². The third kappa shape index (κ3) is 5.11. The monoisotopic (exact) mass is 516 g/mol. The van der Waals surface area contributed by atoms with Crippen LogP contribution < -0.4 is 18.9 Å². The van der Waals surface area contributed by atoms with E-state index in [1.54, 1.807) is 21.3 Å². The van der Waals surface area contributed by atoms with Gasteiger partial charge in [0.2, 0.25) is 0 Å². The standard InChI is InChI=1S/C29H28N2O5S/c1-33-21-9-11-22(12-10-21)36-17-25-23-16-27(35-3)26(34-2)15-20(23)13-14-31(25)29(32)24-18-37-28(30-24)19-7-5-4-6-8-19/h4-12,15-16,18,25H,13-14,17H2,1-3H3. The van der Waals surface area contributed by atoms with E-state index in [0.717, 1.165) is 27.4 Å². The summed E-state index contributed by atoms with van der Waals surface area (Å²) in [6.07, 6.45) is 0.691. The topological polar surface area (TPSA) is 70.1 Å². The molecule has 0 spiro atoms. The maximum absolute atomic E-state index is 13.8. The van der Waals surface area contributed by atoms with Gasteiger partial charge in [-0.15, -0.1) is 11.3 Å². The molecule has 5 rings (SSSR count). The number of carbonyl (C=O) groups excluding carboxylic acids is 1. The number of thiazole rings is 1. The van der Waals surface area contributed by atoms with Gasteiger partial charge >= 0.3 is 0 Å². The Bertz CT molecular complexity index is 1370. The molecule has 190 valence electrons. The van der Waals surface area contributed by atoms with Crippen molar-refractivity contribution < 1.29 is 23.7 Å². The predicted octanol–water partition coefficient (Wildman–Crippen LogP) is 5.65. The second kappa shape index (κ2) is 10.9. The van der Waals surface area contributed by atoms with Crippen molar-refractivity contribution in [1.29, 1.82) is 0 Å². The third-order valence-corrected chi connectivity index (χ3v) is 7.37. The summed E-state index contributed by atoms with van der Waals surface area (Å²) in [6, 6.07) is 20.9. The Labute approximate surface area is 220 Å². The van der Waals surface area contributed by atoms with Crippen LogP contribution in [0.1, 0.15) is 27.7 Å². The zero-order valence-corrected chi connectivity index (χ0v) is 21.8. The number of carbonyl (C=O) groups is 1. The van der Waals surface area contributed by atoms with Crippen molar-refractivity contribution >= 4 is 17.2 Å². The second-order valence-electron chi connectivity index (χ2n) is 8.56. The van der Waals surface area contributed by atoms with Gasteiger partial charge in [0.25, 0.3) is 5.91 Å². The Balaban J connectivity index is 1.46. The lowest BCUT2D eigenvalue weighted by molar-refractivity contribution is 0.0584. The van der Waals surface area contributed by atoms with E-state index in [0.29, 0.717) is 35.9 Å². The molecule has 37 heavy (non-hydrogen) atoms. The van der Waals surface area contributed by atoms with Crippen molar-refractivity contribution in [3.05, 3.63) is 88.9 Å². The van der Waals surface area contributed by atoms with Crippen LogP contribution in [0.25, 0.3) is 10.6 Å². The number of amides is 1. The molecule has 1 aliphatic heterocycles. The van der Waals surface area contributed by atoms with E-state index >= 15 is 0 Å². The SMILES string of the molecule is COc1ccc(OCC2c3cc(OC)c(OC)cc3CCN2C(=O)c2csc(-c3ccccc3)n2)cc1. The Morgan fingerprint density at radius 2 is 1.65 bits per heavy atom. The smallest absolute Gasteiger partial charge is 0.273 e. The number of aromatic nitrogens is 1. The molecule has 1 amide bonds. The highest BCUT2D eigenvalue weighted by Crippen LogP contribution is 2.39. The molecule has 2 heterocycles. The molecule has 0 radical (unpaired) electrons. The van der Waals surface area contributed by atoms with Crippen molar-refractivity contribution in [1.82, 2.24) is 9.88 Å². The van der Waals surface area contributed by atoms with Crippen molar-refractivity contribution in [2.24, 2.45) is 0 Å². The van der Waals surface area contributed by atoms with Crippen LogP contribution in [0.2, 0.25) is 0 Å². The van der Waals surface area contributed by atoms with Gasteiger partial charge in [-0.25, -0.2) is 4.98 Å². The van der Waals surface area contributed by atoms with Gasteiger partial charge in [-0.3, -0.25) is 4.79 Å². The normalized spacial score (nSPS) is 14.6. The first kappa shape index (κ1) is 24.6. The Kier molecular flexibility index (Phi) is 7.28. The molecule has 0 saturated heterocycles. The van der Waals surface area contributed by atoms with Crippen LogP contribution in [0.4, 0.5) is 0 Å². The van der Waals surface area contributed by atoms with Gasteiger partial charge in [0.15, 0.2) is 11.5 Å². The number of hydrogen-bond acceptors (Lipinski definition) is 7. The van der Waals surface area contributed by atoms with Crippen molar-refractivity contribution in [3.63, 3.8) is 0 Å². The lowest BCUT2D eigenvalue weighted by Crippen LogP contribution is -2.42. The van der Waals surface area contributed by atoms with Crippen LogP contribution in [0.15, 0.2) is 72.1 Å². The Morgan fingerprint density at radius 3 is 2.35 bits per heavy atom. The fraction of sp³-hybridized carbons (Fsp3) is 0.241. The Morgan fingerprint density at radius 1 is 0.946 bits per heavy atom. The van der Waals surface area contributed by atoms with Gasteiger partial charge in [-0.1, -0.05) is 30.3 Å². The highest BCUT2D eigenvalue weighted by Gasteiger charge is 2.34. The molecule has 0 saturated carbocycles. The number of fused-ring (bicyclic) bond motifs is 1. The summed E-state index contributed by atoms with van der Waals surface area (Å²) >= 11 is 1.47. The molecule has 1 unspecified atom stereocenters. The molecular weight excluding hydrogens is 488 g/mol. The molecular formula is C29H28N2O5S. The van der Waals surface area contributed by atoms with Crippen LogP contribution in [-0.4, -0.2) is 50.3 Å². The zero-order valence-electron chi connectivity index (χ0n) is 21.0. The Hall–Kier alpha value is -4.04. The van der Waals surface area contributed by atoms with Crippen molar-refractivity contribution in [2.75, 3.05) is 34.5 Å². The first-order valence-corrected chi connectivity index (χ1v) is 12.8. The lowest BCUT2D eigenvalue weighted by Gasteiger charge is -2.37. The molecule has 1 atom stereocenters. The molecule has 0 N–H and O–H groups in total. The van der Waals surface area contributed by atoms with Gasteiger partial charge in [0.05, 0.1) is 27.4 Å². The minimum absolute atomic E-state index is 0.123. The van der Waals surface area contributed by atoms with Crippen molar-refractivity contribution in [3.8, 4) is 33.6 Å². The molecule has 0 bridgehead atoms. The molecule has 4 aromatic rings. The van der Waals surface area contributed by atoms with Crippen LogP contribution >= 0.6 is 11.3 Å². The summed E-state index contributed by atoms with van der Waals surface area (Å²) in [5, 5.41) is 2.65. The minimum Gasteiger partial charge on any atom is -0.497 e. The predicted molar refractivity (Wildman–Crippen MR) is 143 cm³/mol. The van der Waals surface area contributed by atoms with E-state index in [4.69, 9.17) is 18.9 Å². The summed E-state index contributed by atoms with van der Waals surface area (Å²) in [5.41, 5.74) is 3.51. The summed E-state index contributed by atoms with van der Waals surface area (Å²) in [7, 11) is 4.86. The number of benzene rings is 3. The van der Waals surface area contributed by atoms with Gasteiger partial charge in [-0.2, -0.15) is 0 Å². The highest BCUT2D eigenvalue weighted by atomic mass is 32.1. The number of ether oxygens (including phenoxy) is 4. The fourth-order valence-electron chi connectivity index (χ4n) is 4.53. The summed E-state index contributed by atoms with van der Waals surface area (Å²) in [6.45, 7) is 0.812. The van der Waals surface area contributed by atoms with E-state index in [1.807, 2.05) is 77.0 Å². The quantitative estimate of drug-likeness (QED) is 0.301. The summed E-state index contributed by atoms with van der Waals surface area (Å²) in [5.74, 6) is 2.61. The largest absolute Gasteiger partial charge is 0.497 e. The molecule has 8 heteroatoms. The van der Waals surface area contributed by atoms with Crippen LogP contribution in [0.3, 0.4) is 0 Å². The first-order chi connectivity index (χ1) is 18.1. The zero-order chi connectivity index (χ0) is 25.8. The lowest BCUT2D eigenvalue weighted by atomic mass is 9.92. The van der Waals surface area contributed by atoms with E-state index in [-0.39, 0.29) is 18.6 Å². The number of rotatable bonds is 8. The molecule has 1 aromatic heterocycles. The van der Waals surface area contributed by atoms with Crippen LogP contribution in [-0.2, 0) is 6.42 Å². The summed E-state index contributed by atoms with van der Waals surface area (Å²) < 4.78 is 22.5. The molecule has 7 nitrogen and oxygen atoms in total. The van der Waals surface area contributed by atoms with E-state index in [9.17, 15) is 4.79 Å². The molecule has 0 fully saturated rings. The first-order valence-electron chi connectivity index (χ1n) is 11.9. The third-order valence-electron chi connectivity index (χ3n) is 6.47. The van der Waals surface area contributed by atoms with E-state index in [1.165, 1.54) is 11.3 Å².